The second-order valence-electron chi connectivity index (χ2n) is 3.05. The Morgan fingerprint density at radius 1 is 1.50 bits per heavy atom. The van der Waals surface area contributed by atoms with Crippen LogP contribution in [0, 0.1) is 0 Å². The van der Waals surface area contributed by atoms with E-state index in [0.717, 1.165) is 0 Å². The van der Waals surface area contributed by atoms with Gasteiger partial charge in [0.1, 0.15) is 11.4 Å². The molecule has 0 aliphatic rings. The summed E-state index contributed by atoms with van der Waals surface area (Å²) in [6.45, 7) is 0. The average Bonchev–Trinajstić information content (AvgIpc) is 2.80. The molecule has 82 valence electrons. The minimum Gasteiger partial charge on any atom is -0.463 e. The first kappa shape index (κ1) is 10.2. The zero-order chi connectivity index (χ0) is 11.5. The maximum atomic E-state index is 11.4. The second-order valence-corrected chi connectivity index (χ2v) is 3.05. The number of hydrogen-bond acceptors (Lipinski definition) is 5. The lowest BCUT2D eigenvalue weighted by Crippen LogP contribution is -2.20. The Bertz CT molecular complexity index is 508. The van der Waals surface area contributed by atoms with Crippen LogP contribution in [0.1, 0.15) is 10.5 Å². The summed E-state index contributed by atoms with van der Waals surface area (Å²) in [6, 6.07) is 4.98. The van der Waals surface area contributed by atoms with E-state index in [1.807, 2.05) is 0 Å². The molecule has 0 aliphatic heterocycles. The fourth-order valence-corrected chi connectivity index (χ4v) is 1.26. The van der Waals surface area contributed by atoms with Crippen LogP contribution in [0.3, 0.4) is 0 Å². The molecule has 2 aromatic rings. The predicted octanol–water partition coefficient (Wildman–Crippen LogP) is 0.678. The molecule has 0 aliphatic carbocycles. The number of furan rings is 1. The van der Waals surface area contributed by atoms with Crippen LogP contribution in [-0.4, -0.2) is 22.9 Å². The van der Waals surface area contributed by atoms with Crippen LogP contribution >= 0.6 is 0 Å². The molecule has 0 bridgehead atoms. The molecule has 2 rings (SSSR count). The van der Waals surface area contributed by atoms with E-state index in [2.05, 4.69) is 15.3 Å². The first-order valence-electron chi connectivity index (χ1n) is 4.61. The zero-order valence-electron chi connectivity index (χ0n) is 8.60. The molecule has 1 amide bonds. The molecule has 0 fully saturated rings. The van der Waals surface area contributed by atoms with Crippen LogP contribution in [0.5, 0.6) is 0 Å². The maximum absolute atomic E-state index is 11.4. The van der Waals surface area contributed by atoms with Crippen LogP contribution in [0.25, 0.3) is 11.5 Å². The van der Waals surface area contributed by atoms with Gasteiger partial charge in [-0.05, 0) is 18.2 Å². The highest BCUT2D eigenvalue weighted by Crippen LogP contribution is 2.18. The monoisotopic (exact) mass is 218 g/mol. The maximum Gasteiger partial charge on any atom is 0.269 e. The number of hydrogen-bond donors (Lipinski definition) is 2. The van der Waals surface area contributed by atoms with Gasteiger partial charge in [-0.15, -0.1) is 0 Å². The summed E-state index contributed by atoms with van der Waals surface area (Å²) >= 11 is 0. The molecule has 0 spiro atoms. The number of amides is 1. The lowest BCUT2D eigenvalue weighted by Gasteiger charge is -2.02. The summed E-state index contributed by atoms with van der Waals surface area (Å²) in [5, 5.41) is 2.47. The molecule has 6 heteroatoms. The summed E-state index contributed by atoms with van der Waals surface area (Å²) in [6.07, 6.45) is 1.52. The van der Waals surface area contributed by atoms with Crippen molar-refractivity contribution in [1.82, 2.24) is 15.3 Å². The third kappa shape index (κ3) is 1.85. The Hall–Kier alpha value is -2.37. The number of carbonyl (C=O) groups excluding carboxylic acids is 1. The van der Waals surface area contributed by atoms with Gasteiger partial charge in [-0.3, -0.25) is 4.79 Å². The van der Waals surface area contributed by atoms with E-state index in [-0.39, 0.29) is 17.5 Å². The Morgan fingerprint density at radius 3 is 2.94 bits per heavy atom. The molecule has 16 heavy (non-hydrogen) atoms. The first-order valence-corrected chi connectivity index (χ1v) is 4.61. The topological polar surface area (TPSA) is 94.0 Å². The van der Waals surface area contributed by atoms with Crippen molar-refractivity contribution < 1.29 is 9.21 Å². The summed E-state index contributed by atoms with van der Waals surface area (Å²) in [5.74, 6) is 0.258. The van der Waals surface area contributed by atoms with E-state index < -0.39 is 0 Å². The Kier molecular flexibility index (Phi) is 2.55. The smallest absolute Gasteiger partial charge is 0.269 e. The van der Waals surface area contributed by atoms with Gasteiger partial charge in [0.05, 0.1) is 6.26 Å². The van der Waals surface area contributed by atoms with Crippen molar-refractivity contribution in [1.29, 1.82) is 0 Å². The van der Waals surface area contributed by atoms with E-state index in [9.17, 15) is 4.79 Å². The number of nitrogens with zero attached hydrogens (tertiary/aromatic N) is 2. The van der Waals surface area contributed by atoms with Crippen molar-refractivity contribution in [3.63, 3.8) is 0 Å². The van der Waals surface area contributed by atoms with Crippen LogP contribution in [-0.2, 0) is 0 Å². The van der Waals surface area contributed by atoms with Crippen LogP contribution in [0.15, 0.2) is 28.9 Å². The van der Waals surface area contributed by atoms with Crippen molar-refractivity contribution in [3.05, 3.63) is 30.2 Å². The zero-order valence-corrected chi connectivity index (χ0v) is 8.60. The predicted molar refractivity (Wildman–Crippen MR) is 57.5 cm³/mol. The van der Waals surface area contributed by atoms with Crippen LogP contribution in [0.4, 0.5) is 5.95 Å². The summed E-state index contributed by atoms with van der Waals surface area (Å²) in [5.41, 5.74) is 6.21. The third-order valence-electron chi connectivity index (χ3n) is 1.98. The summed E-state index contributed by atoms with van der Waals surface area (Å²) in [4.78, 5) is 19.2. The van der Waals surface area contributed by atoms with E-state index in [1.165, 1.54) is 19.4 Å². The number of nitrogens with two attached hydrogens (primary N) is 1. The molecule has 0 atom stereocenters. The van der Waals surface area contributed by atoms with Gasteiger partial charge in [0.25, 0.3) is 5.91 Å². The quantitative estimate of drug-likeness (QED) is 0.772. The molecular formula is C10H10N4O2. The number of anilines is 1. The minimum absolute atomic E-state index is 0.0347. The van der Waals surface area contributed by atoms with Gasteiger partial charge in [-0.25, -0.2) is 9.97 Å². The Morgan fingerprint density at radius 2 is 2.31 bits per heavy atom. The number of aromatic nitrogens is 2. The van der Waals surface area contributed by atoms with Gasteiger partial charge >= 0.3 is 0 Å². The molecule has 2 aromatic heterocycles. The Balaban J connectivity index is 2.48. The van der Waals surface area contributed by atoms with Crippen molar-refractivity contribution in [2.24, 2.45) is 0 Å². The summed E-state index contributed by atoms with van der Waals surface area (Å²) < 4.78 is 5.17. The highest BCUT2D eigenvalue weighted by molar-refractivity contribution is 5.93. The van der Waals surface area contributed by atoms with Crippen LogP contribution < -0.4 is 11.1 Å². The standard InChI is InChI=1S/C10H10N4O2/c1-12-9(15)7-5-6(13-10(11)14-7)8-3-2-4-16-8/h2-5H,1H3,(H,12,15)(H2,11,13,14). The number of carbonyl (C=O) groups is 1. The molecule has 0 radical (unpaired) electrons. The van der Waals surface area contributed by atoms with Crippen molar-refractivity contribution in [2.45, 2.75) is 0 Å². The van der Waals surface area contributed by atoms with Crippen molar-refractivity contribution >= 4 is 11.9 Å². The fourth-order valence-electron chi connectivity index (χ4n) is 1.26. The number of nitrogen functional groups attached to an aromatic ring is 1. The number of nitrogens with one attached hydrogen (secondary N) is 1. The molecule has 0 aromatic carbocycles. The molecule has 2 heterocycles. The van der Waals surface area contributed by atoms with E-state index in [4.69, 9.17) is 10.2 Å². The molecular weight excluding hydrogens is 208 g/mol. The molecule has 3 N–H and O–H groups in total. The van der Waals surface area contributed by atoms with E-state index >= 15 is 0 Å². The molecule has 0 saturated carbocycles. The fraction of sp³-hybridized carbons (Fsp3) is 0.100. The van der Waals surface area contributed by atoms with Crippen molar-refractivity contribution in [3.8, 4) is 11.5 Å². The third-order valence-corrected chi connectivity index (χ3v) is 1.98. The normalized spacial score (nSPS) is 10.1. The van der Waals surface area contributed by atoms with Gasteiger partial charge in [0, 0.05) is 7.05 Å². The average molecular weight is 218 g/mol. The Labute approximate surface area is 91.5 Å². The summed E-state index contributed by atoms with van der Waals surface area (Å²) in [7, 11) is 1.52. The van der Waals surface area contributed by atoms with Crippen LogP contribution in [0.2, 0.25) is 0 Å². The number of rotatable bonds is 2. The van der Waals surface area contributed by atoms with E-state index in [1.54, 1.807) is 12.1 Å². The molecule has 0 saturated heterocycles. The molecule has 0 unspecified atom stereocenters. The van der Waals surface area contributed by atoms with Gasteiger partial charge in [0.2, 0.25) is 5.95 Å². The highest BCUT2D eigenvalue weighted by atomic mass is 16.3. The highest BCUT2D eigenvalue weighted by Gasteiger charge is 2.11. The lowest BCUT2D eigenvalue weighted by molar-refractivity contribution is 0.0958. The lowest BCUT2D eigenvalue weighted by atomic mass is 10.2. The largest absolute Gasteiger partial charge is 0.463 e. The first-order chi connectivity index (χ1) is 7.70. The second kappa shape index (κ2) is 4.01. The SMILES string of the molecule is CNC(=O)c1cc(-c2ccco2)nc(N)n1. The van der Waals surface area contributed by atoms with Gasteiger partial charge < -0.3 is 15.5 Å². The van der Waals surface area contributed by atoms with Crippen molar-refractivity contribution in [2.75, 3.05) is 12.8 Å². The van der Waals surface area contributed by atoms with E-state index in [0.29, 0.717) is 11.5 Å². The minimum atomic E-state index is -0.318. The van der Waals surface area contributed by atoms with Gasteiger partial charge in [-0.2, -0.15) is 0 Å². The van der Waals surface area contributed by atoms with Gasteiger partial charge in [-0.1, -0.05) is 0 Å². The van der Waals surface area contributed by atoms with Gasteiger partial charge in [0.15, 0.2) is 5.76 Å². The molecule has 6 nitrogen and oxygen atoms in total.